The van der Waals surface area contributed by atoms with Crippen molar-refractivity contribution in [2.45, 2.75) is 57.4 Å². The molecule has 0 radical (unpaired) electrons. The Morgan fingerprint density at radius 1 is 1.03 bits per heavy atom. The molecule has 31 heavy (non-hydrogen) atoms. The normalized spacial score (nSPS) is 15.8. The molecule has 3 rings (SSSR count). The molecule has 1 heterocycles. The molecule has 6 nitrogen and oxygen atoms in total. The van der Waals surface area contributed by atoms with E-state index in [1.54, 1.807) is 19.2 Å². The SMILES string of the molecule is COc1cc(C)c(C(C)NC(=O)c2ccc(S(=O)(=O)N3CCCC3)cc2)cc1C(C)C. The second-order valence-corrected chi connectivity index (χ2v) is 10.4. The van der Waals surface area contributed by atoms with Crippen molar-refractivity contribution in [2.24, 2.45) is 0 Å². The third-order valence-electron chi connectivity index (χ3n) is 5.87. The zero-order chi connectivity index (χ0) is 22.8. The van der Waals surface area contributed by atoms with Gasteiger partial charge in [-0.2, -0.15) is 4.31 Å². The van der Waals surface area contributed by atoms with Gasteiger partial charge in [0, 0.05) is 18.7 Å². The molecule has 0 aromatic heterocycles. The number of ether oxygens (including phenoxy) is 1. The average Bonchev–Trinajstić information content (AvgIpc) is 3.29. The smallest absolute Gasteiger partial charge is 0.251 e. The van der Waals surface area contributed by atoms with Gasteiger partial charge in [0.15, 0.2) is 0 Å². The molecule has 1 aliphatic heterocycles. The van der Waals surface area contributed by atoms with Gasteiger partial charge in [-0.1, -0.05) is 13.8 Å². The number of nitrogens with one attached hydrogen (secondary N) is 1. The monoisotopic (exact) mass is 444 g/mol. The zero-order valence-corrected chi connectivity index (χ0v) is 19.8. The number of aryl methyl sites for hydroxylation is 1. The largest absolute Gasteiger partial charge is 0.496 e. The van der Waals surface area contributed by atoms with Crippen molar-refractivity contribution in [3.8, 4) is 5.75 Å². The van der Waals surface area contributed by atoms with Crippen LogP contribution in [0.15, 0.2) is 41.3 Å². The van der Waals surface area contributed by atoms with E-state index in [-0.39, 0.29) is 16.8 Å². The van der Waals surface area contributed by atoms with Crippen LogP contribution in [0.4, 0.5) is 0 Å². The van der Waals surface area contributed by atoms with Crippen molar-refractivity contribution in [3.63, 3.8) is 0 Å². The van der Waals surface area contributed by atoms with E-state index < -0.39 is 10.0 Å². The highest BCUT2D eigenvalue weighted by Crippen LogP contribution is 2.32. The van der Waals surface area contributed by atoms with Crippen LogP contribution in [0.5, 0.6) is 5.75 Å². The molecule has 1 amide bonds. The lowest BCUT2D eigenvalue weighted by molar-refractivity contribution is 0.0939. The minimum atomic E-state index is -3.48. The van der Waals surface area contributed by atoms with Gasteiger partial charge in [0.1, 0.15) is 5.75 Å². The van der Waals surface area contributed by atoms with Gasteiger partial charge in [-0.25, -0.2) is 8.42 Å². The number of rotatable bonds is 7. The zero-order valence-electron chi connectivity index (χ0n) is 18.9. The molecule has 2 aromatic carbocycles. The predicted octanol–water partition coefficient (Wildman–Crippen LogP) is 4.40. The minimum Gasteiger partial charge on any atom is -0.496 e. The molecule has 1 saturated heterocycles. The number of hydrogen-bond acceptors (Lipinski definition) is 4. The van der Waals surface area contributed by atoms with Crippen LogP contribution in [0.3, 0.4) is 0 Å². The van der Waals surface area contributed by atoms with Gasteiger partial charge in [0.2, 0.25) is 10.0 Å². The highest BCUT2D eigenvalue weighted by molar-refractivity contribution is 7.89. The Kier molecular flexibility index (Phi) is 7.06. The lowest BCUT2D eigenvalue weighted by Crippen LogP contribution is -2.28. The molecule has 1 N–H and O–H groups in total. The van der Waals surface area contributed by atoms with E-state index in [1.165, 1.54) is 16.4 Å². The van der Waals surface area contributed by atoms with E-state index in [9.17, 15) is 13.2 Å². The van der Waals surface area contributed by atoms with Gasteiger partial charge in [0.25, 0.3) is 5.91 Å². The number of nitrogens with zero attached hydrogens (tertiary/aromatic N) is 1. The fourth-order valence-electron chi connectivity index (χ4n) is 4.02. The highest BCUT2D eigenvalue weighted by Gasteiger charge is 2.27. The van der Waals surface area contributed by atoms with E-state index >= 15 is 0 Å². The van der Waals surface area contributed by atoms with Gasteiger partial charge in [-0.3, -0.25) is 4.79 Å². The molecule has 0 saturated carbocycles. The van der Waals surface area contributed by atoms with Gasteiger partial charge >= 0.3 is 0 Å². The Hall–Kier alpha value is -2.38. The molecule has 0 aliphatic carbocycles. The Morgan fingerprint density at radius 2 is 1.65 bits per heavy atom. The van der Waals surface area contributed by atoms with Crippen molar-refractivity contribution >= 4 is 15.9 Å². The third-order valence-corrected chi connectivity index (χ3v) is 7.79. The van der Waals surface area contributed by atoms with Crippen molar-refractivity contribution in [3.05, 3.63) is 58.7 Å². The number of benzene rings is 2. The summed E-state index contributed by atoms with van der Waals surface area (Å²) in [6.07, 6.45) is 1.78. The summed E-state index contributed by atoms with van der Waals surface area (Å²) in [5.41, 5.74) is 3.61. The van der Waals surface area contributed by atoms with E-state index in [0.29, 0.717) is 24.6 Å². The molecule has 1 aliphatic rings. The lowest BCUT2D eigenvalue weighted by atomic mass is 9.93. The average molecular weight is 445 g/mol. The molecule has 2 aromatic rings. The Morgan fingerprint density at radius 3 is 2.19 bits per heavy atom. The number of sulfonamides is 1. The van der Waals surface area contributed by atoms with Crippen LogP contribution in [-0.4, -0.2) is 38.8 Å². The number of methoxy groups -OCH3 is 1. The molecule has 0 spiro atoms. The van der Waals surface area contributed by atoms with Gasteiger partial charge < -0.3 is 10.1 Å². The maximum Gasteiger partial charge on any atom is 0.251 e. The molecule has 7 heteroatoms. The molecule has 168 valence electrons. The molecular weight excluding hydrogens is 412 g/mol. The molecular formula is C24H32N2O4S. The van der Waals surface area contributed by atoms with Crippen molar-refractivity contribution in [2.75, 3.05) is 20.2 Å². The molecule has 1 unspecified atom stereocenters. The summed E-state index contributed by atoms with van der Waals surface area (Å²) in [6.45, 7) is 9.28. The van der Waals surface area contributed by atoms with Gasteiger partial charge in [-0.15, -0.1) is 0 Å². The summed E-state index contributed by atoms with van der Waals surface area (Å²) in [6, 6.07) is 10.1. The van der Waals surface area contributed by atoms with Crippen LogP contribution >= 0.6 is 0 Å². The van der Waals surface area contributed by atoms with Crippen molar-refractivity contribution in [1.82, 2.24) is 9.62 Å². The van der Waals surface area contributed by atoms with Gasteiger partial charge in [0.05, 0.1) is 18.0 Å². The second kappa shape index (κ2) is 9.40. The predicted molar refractivity (Wildman–Crippen MR) is 122 cm³/mol. The quantitative estimate of drug-likeness (QED) is 0.687. The lowest BCUT2D eigenvalue weighted by Gasteiger charge is -2.21. The summed E-state index contributed by atoms with van der Waals surface area (Å²) in [5, 5.41) is 3.03. The maximum absolute atomic E-state index is 12.8. The number of carbonyl (C=O) groups excluding carboxylic acids is 1. The number of amides is 1. The molecule has 1 atom stereocenters. The summed E-state index contributed by atoms with van der Waals surface area (Å²) in [4.78, 5) is 13.0. The van der Waals surface area contributed by atoms with E-state index in [1.807, 2.05) is 19.9 Å². The Bertz CT molecular complexity index is 1040. The Labute approximate surface area is 185 Å². The first-order chi connectivity index (χ1) is 14.6. The first-order valence-corrected chi connectivity index (χ1v) is 12.2. The summed E-state index contributed by atoms with van der Waals surface area (Å²) in [7, 11) is -1.82. The topological polar surface area (TPSA) is 75.7 Å². The van der Waals surface area contributed by atoms with E-state index in [2.05, 4.69) is 25.2 Å². The van der Waals surface area contributed by atoms with Crippen LogP contribution in [-0.2, 0) is 10.0 Å². The van der Waals surface area contributed by atoms with Crippen LogP contribution in [0.25, 0.3) is 0 Å². The molecule has 1 fully saturated rings. The fourth-order valence-corrected chi connectivity index (χ4v) is 5.54. The minimum absolute atomic E-state index is 0.205. The van der Waals surface area contributed by atoms with Crippen LogP contribution in [0.2, 0.25) is 0 Å². The van der Waals surface area contributed by atoms with E-state index in [4.69, 9.17) is 4.74 Å². The third kappa shape index (κ3) is 4.93. The summed E-state index contributed by atoms with van der Waals surface area (Å²) < 4.78 is 32.4. The first kappa shape index (κ1) is 23.3. The first-order valence-electron chi connectivity index (χ1n) is 10.7. The summed E-state index contributed by atoms with van der Waals surface area (Å²) >= 11 is 0. The second-order valence-electron chi connectivity index (χ2n) is 8.44. The van der Waals surface area contributed by atoms with Gasteiger partial charge in [-0.05, 0) is 85.7 Å². The van der Waals surface area contributed by atoms with Crippen LogP contribution in [0.1, 0.15) is 72.6 Å². The van der Waals surface area contributed by atoms with Crippen molar-refractivity contribution in [1.29, 1.82) is 0 Å². The summed E-state index contributed by atoms with van der Waals surface area (Å²) in [5.74, 6) is 0.908. The molecule has 0 bridgehead atoms. The standard InChI is InChI=1S/C24H32N2O4S/c1-16(2)21-15-22(17(3)14-23(21)30-5)18(4)25-24(27)19-8-10-20(11-9-19)31(28,29)26-12-6-7-13-26/h8-11,14-16,18H,6-7,12-13H2,1-5H3,(H,25,27). The Balaban J connectivity index is 1.76. The van der Waals surface area contributed by atoms with Crippen LogP contribution in [0, 0.1) is 6.92 Å². The maximum atomic E-state index is 12.8. The fraction of sp³-hybridized carbons (Fsp3) is 0.458. The van der Waals surface area contributed by atoms with Crippen molar-refractivity contribution < 1.29 is 17.9 Å². The number of hydrogen-bond donors (Lipinski definition) is 1. The van der Waals surface area contributed by atoms with Crippen LogP contribution < -0.4 is 10.1 Å². The van der Waals surface area contributed by atoms with E-state index in [0.717, 1.165) is 35.3 Å². The highest BCUT2D eigenvalue weighted by atomic mass is 32.2. The number of carbonyl (C=O) groups is 1.